The summed E-state index contributed by atoms with van der Waals surface area (Å²) in [5.41, 5.74) is 0.415. The molecule has 1 saturated carbocycles. The minimum Gasteiger partial charge on any atom is -0.308 e. The maximum absolute atomic E-state index is 6.02. The molecule has 1 aliphatic heterocycles. The van der Waals surface area contributed by atoms with E-state index < -0.39 is 0 Å². The monoisotopic (exact) mass is 312 g/mol. The van der Waals surface area contributed by atoms with Gasteiger partial charge in [-0.15, -0.1) is 11.3 Å². The van der Waals surface area contributed by atoms with Gasteiger partial charge in [0.25, 0.3) is 0 Å². The molecule has 2 aliphatic rings. The van der Waals surface area contributed by atoms with Crippen LogP contribution in [0, 0.1) is 0 Å². The molecule has 3 rings (SSSR count). The Bertz CT molecular complexity index is 439. The third-order valence-electron chi connectivity index (χ3n) is 4.99. The lowest BCUT2D eigenvalue weighted by molar-refractivity contribution is 0.0639. The highest BCUT2D eigenvalue weighted by atomic mass is 35.5. The first-order chi connectivity index (χ1) is 9.67. The van der Waals surface area contributed by atoms with E-state index in [0.717, 1.165) is 17.3 Å². The van der Waals surface area contributed by atoms with Crippen LogP contribution in [-0.4, -0.2) is 36.1 Å². The fourth-order valence-electron chi connectivity index (χ4n) is 3.70. The molecule has 1 N–H and O–H groups in total. The van der Waals surface area contributed by atoms with Gasteiger partial charge in [0.2, 0.25) is 0 Å². The van der Waals surface area contributed by atoms with E-state index in [-0.39, 0.29) is 0 Å². The molecule has 1 saturated heterocycles. The molecule has 2 heterocycles. The number of piperazine rings is 1. The normalized spacial score (nSPS) is 27.0. The molecule has 112 valence electrons. The van der Waals surface area contributed by atoms with Gasteiger partial charge < -0.3 is 5.32 Å². The summed E-state index contributed by atoms with van der Waals surface area (Å²) in [6, 6.07) is 4.85. The van der Waals surface area contributed by atoms with Crippen molar-refractivity contribution in [1.29, 1.82) is 0 Å². The quantitative estimate of drug-likeness (QED) is 0.909. The Hall–Kier alpha value is -0.0900. The predicted octanol–water partition coefficient (Wildman–Crippen LogP) is 3.94. The van der Waals surface area contributed by atoms with Crippen LogP contribution < -0.4 is 5.32 Å². The van der Waals surface area contributed by atoms with Crippen molar-refractivity contribution in [1.82, 2.24) is 10.2 Å². The van der Waals surface area contributed by atoms with E-state index in [1.165, 1.54) is 50.1 Å². The summed E-state index contributed by atoms with van der Waals surface area (Å²) in [7, 11) is 0. The fraction of sp³-hybridized carbons (Fsp3) is 0.750. The molecular weight excluding hydrogens is 288 g/mol. The highest BCUT2D eigenvalue weighted by molar-refractivity contribution is 7.16. The minimum absolute atomic E-state index is 0.415. The van der Waals surface area contributed by atoms with Gasteiger partial charge in [0.15, 0.2) is 0 Å². The topological polar surface area (TPSA) is 15.3 Å². The second-order valence-electron chi connectivity index (χ2n) is 6.50. The second-order valence-corrected chi connectivity index (χ2v) is 8.30. The SMILES string of the molecule is CC1CNC2(CCCCC2)CN1CCc1ccc(Cl)s1. The summed E-state index contributed by atoms with van der Waals surface area (Å²) in [5, 5.41) is 3.86. The van der Waals surface area contributed by atoms with Crippen LogP contribution in [-0.2, 0) is 6.42 Å². The Balaban J connectivity index is 1.59. The number of hydrogen-bond donors (Lipinski definition) is 1. The molecule has 1 aromatic rings. The largest absolute Gasteiger partial charge is 0.308 e. The molecule has 0 amide bonds. The van der Waals surface area contributed by atoms with E-state index in [4.69, 9.17) is 11.6 Å². The maximum atomic E-state index is 6.02. The lowest BCUT2D eigenvalue weighted by Crippen LogP contribution is -2.64. The number of hydrogen-bond acceptors (Lipinski definition) is 3. The van der Waals surface area contributed by atoms with Gasteiger partial charge in [0.05, 0.1) is 4.34 Å². The van der Waals surface area contributed by atoms with Crippen LogP contribution in [0.15, 0.2) is 12.1 Å². The Labute approximate surface area is 131 Å². The van der Waals surface area contributed by atoms with Crippen molar-refractivity contribution >= 4 is 22.9 Å². The zero-order valence-electron chi connectivity index (χ0n) is 12.3. The van der Waals surface area contributed by atoms with Crippen molar-refractivity contribution in [2.75, 3.05) is 19.6 Å². The van der Waals surface area contributed by atoms with Crippen molar-refractivity contribution in [3.63, 3.8) is 0 Å². The predicted molar refractivity (Wildman–Crippen MR) is 87.9 cm³/mol. The van der Waals surface area contributed by atoms with Crippen LogP contribution in [0.1, 0.15) is 43.9 Å². The van der Waals surface area contributed by atoms with Crippen molar-refractivity contribution in [2.45, 2.75) is 57.0 Å². The summed E-state index contributed by atoms with van der Waals surface area (Å²) in [6.45, 7) is 5.89. The van der Waals surface area contributed by atoms with E-state index in [2.05, 4.69) is 23.2 Å². The van der Waals surface area contributed by atoms with Gasteiger partial charge in [-0.3, -0.25) is 4.90 Å². The first kappa shape index (κ1) is 14.8. The van der Waals surface area contributed by atoms with E-state index in [0.29, 0.717) is 11.6 Å². The van der Waals surface area contributed by atoms with Gasteiger partial charge in [0.1, 0.15) is 0 Å². The Kier molecular flexibility index (Phi) is 4.71. The maximum Gasteiger partial charge on any atom is 0.0931 e. The number of nitrogens with one attached hydrogen (secondary N) is 1. The van der Waals surface area contributed by atoms with Crippen molar-refractivity contribution in [3.05, 3.63) is 21.3 Å². The lowest BCUT2D eigenvalue weighted by Gasteiger charge is -2.49. The van der Waals surface area contributed by atoms with Gasteiger partial charge in [-0.05, 0) is 38.3 Å². The average molecular weight is 313 g/mol. The molecule has 0 bridgehead atoms. The second kappa shape index (κ2) is 6.35. The summed E-state index contributed by atoms with van der Waals surface area (Å²) in [6.07, 6.45) is 8.08. The van der Waals surface area contributed by atoms with Gasteiger partial charge in [-0.1, -0.05) is 30.9 Å². The Morgan fingerprint density at radius 2 is 2.15 bits per heavy atom. The molecule has 1 aromatic heterocycles. The first-order valence-corrected chi connectivity index (χ1v) is 9.10. The van der Waals surface area contributed by atoms with Crippen LogP contribution in [0.3, 0.4) is 0 Å². The minimum atomic E-state index is 0.415. The van der Waals surface area contributed by atoms with Gasteiger partial charge >= 0.3 is 0 Å². The molecule has 20 heavy (non-hydrogen) atoms. The van der Waals surface area contributed by atoms with Crippen molar-refractivity contribution < 1.29 is 0 Å². The van der Waals surface area contributed by atoms with Gasteiger partial charge in [-0.2, -0.15) is 0 Å². The molecule has 2 nitrogen and oxygen atoms in total. The molecule has 1 spiro atoms. The van der Waals surface area contributed by atoms with Crippen LogP contribution in [0.2, 0.25) is 4.34 Å². The van der Waals surface area contributed by atoms with E-state index >= 15 is 0 Å². The molecule has 2 fully saturated rings. The lowest BCUT2D eigenvalue weighted by atomic mass is 9.79. The zero-order chi connectivity index (χ0) is 14.0. The van der Waals surface area contributed by atoms with Crippen molar-refractivity contribution in [3.8, 4) is 0 Å². The summed E-state index contributed by atoms with van der Waals surface area (Å²) in [5.74, 6) is 0. The van der Waals surface area contributed by atoms with Crippen molar-refractivity contribution in [2.24, 2.45) is 0 Å². The van der Waals surface area contributed by atoms with Crippen LogP contribution in [0.4, 0.5) is 0 Å². The third kappa shape index (κ3) is 3.38. The Morgan fingerprint density at radius 3 is 2.85 bits per heavy atom. The standard InChI is InChI=1S/C16H25ClN2S/c1-13-11-18-16(8-3-2-4-9-16)12-19(13)10-7-14-5-6-15(17)20-14/h5-6,13,18H,2-4,7-12H2,1H3. The highest BCUT2D eigenvalue weighted by Gasteiger charge is 2.38. The molecule has 0 radical (unpaired) electrons. The van der Waals surface area contributed by atoms with Crippen LogP contribution in [0.25, 0.3) is 0 Å². The number of halogens is 1. The molecule has 1 aliphatic carbocycles. The fourth-order valence-corrected chi connectivity index (χ4v) is 4.77. The van der Waals surface area contributed by atoms with Crippen LogP contribution in [0.5, 0.6) is 0 Å². The van der Waals surface area contributed by atoms with E-state index in [1.807, 2.05) is 6.07 Å². The molecule has 1 unspecified atom stereocenters. The Morgan fingerprint density at radius 1 is 1.35 bits per heavy atom. The number of nitrogens with zero attached hydrogens (tertiary/aromatic N) is 1. The van der Waals surface area contributed by atoms with Crippen LogP contribution >= 0.6 is 22.9 Å². The van der Waals surface area contributed by atoms with Gasteiger partial charge in [0, 0.05) is 36.1 Å². The third-order valence-corrected chi connectivity index (χ3v) is 6.28. The molecular formula is C16H25ClN2S. The number of rotatable bonds is 3. The average Bonchev–Trinajstić information content (AvgIpc) is 2.87. The molecule has 1 atom stereocenters. The smallest absolute Gasteiger partial charge is 0.0931 e. The molecule has 4 heteroatoms. The summed E-state index contributed by atoms with van der Waals surface area (Å²) >= 11 is 7.75. The first-order valence-electron chi connectivity index (χ1n) is 7.90. The summed E-state index contributed by atoms with van der Waals surface area (Å²) in [4.78, 5) is 4.11. The van der Waals surface area contributed by atoms with Gasteiger partial charge in [-0.25, -0.2) is 0 Å². The molecule has 0 aromatic carbocycles. The van der Waals surface area contributed by atoms with E-state index in [9.17, 15) is 0 Å². The van der Waals surface area contributed by atoms with E-state index in [1.54, 1.807) is 11.3 Å². The highest BCUT2D eigenvalue weighted by Crippen LogP contribution is 2.32. The zero-order valence-corrected chi connectivity index (χ0v) is 13.9. The summed E-state index contributed by atoms with van der Waals surface area (Å²) < 4.78 is 0.914. The number of thiophene rings is 1.